The summed E-state index contributed by atoms with van der Waals surface area (Å²) < 4.78 is 25.1. The third kappa shape index (κ3) is 4.80. The van der Waals surface area contributed by atoms with Gasteiger partial charge in [-0.1, -0.05) is 97.1 Å². The molecule has 0 spiro atoms. The Morgan fingerprint density at radius 3 is 1.88 bits per heavy atom. The van der Waals surface area contributed by atoms with E-state index in [1.807, 2.05) is 78.9 Å². The van der Waals surface area contributed by atoms with Gasteiger partial charge in [-0.05, 0) is 28.8 Å². The maximum Gasteiger partial charge on any atom is 0.181 e. The number of hydrogen-bond donors (Lipinski definition) is 0. The molecular formula is C23H20O2S. The molecular weight excluding hydrogens is 340 g/mol. The standard InChI is InChI=1S/C23H20O2S/c24-26(25,23-14-8-3-9-15-23)19-18-22(21-12-6-2-7-13-21)17-16-20-10-4-1-5-11-20/h1-18H,19H2/b17-16+,22-18-. The van der Waals surface area contributed by atoms with Crippen LogP contribution in [-0.4, -0.2) is 14.2 Å². The molecule has 0 bridgehead atoms. The molecule has 0 N–H and O–H groups in total. The summed E-state index contributed by atoms with van der Waals surface area (Å²) in [4.78, 5) is 0.343. The largest absolute Gasteiger partial charge is 0.223 e. The van der Waals surface area contributed by atoms with Gasteiger partial charge >= 0.3 is 0 Å². The molecule has 0 radical (unpaired) electrons. The molecule has 0 atom stereocenters. The summed E-state index contributed by atoms with van der Waals surface area (Å²) in [5.41, 5.74) is 2.94. The lowest BCUT2D eigenvalue weighted by molar-refractivity contribution is 0.599. The molecule has 0 heterocycles. The molecule has 0 fully saturated rings. The van der Waals surface area contributed by atoms with E-state index >= 15 is 0 Å². The van der Waals surface area contributed by atoms with Crippen LogP contribution >= 0.6 is 0 Å². The van der Waals surface area contributed by atoms with Gasteiger partial charge in [0.1, 0.15) is 0 Å². The maximum absolute atomic E-state index is 12.6. The average Bonchev–Trinajstić information content (AvgIpc) is 2.70. The van der Waals surface area contributed by atoms with Crippen molar-refractivity contribution in [2.45, 2.75) is 4.90 Å². The fourth-order valence-corrected chi connectivity index (χ4v) is 3.75. The predicted octanol–water partition coefficient (Wildman–Crippen LogP) is 5.26. The summed E-state index contributed by atoms with van der Waals surface area (Å²) in [5, 5.41) is 0. The SMILES string of the molecule is O=S(=O)(C/C=C(/C=C/c1ccccc1)c1ccccc1)c1ccccc1. The Balaban J connectivity index is 1.91. The van der Waals surface area contributed by atoms with Gasteiger partial charge < -0.3 is 0 Å². The van der Waals surface area contributed by atoms with Crippen molar-refractivity contribution in [3.63, 3.8) is 0 Å². The Bertz CT molecular complexity index is 988. The van der Waals surface area contributed by atoms with Crippen LogP contribution < -0.4 is 0 Å². The number of sulfone groups is 1. The summed E-state index contributed by atoms with van der Waals surface area (Å²) >= 11 is 0. The van der Waals surface area contributed by atoms with Gasteiger partial charge in [-0.15, -0.1) is 0 Å². The Labute approximate surface area is 155 Å². The van der Waals surface area contributed by atoms with E-state index in [9.17, 15) is 8.42 Å². The Kier molecular flexibility index (Phi) is 5.82. The van der Waals surface area contributed by atoms with Gasteiger partial charge in [0, 0.05) is 0 Å². The van der Waals surface area contributed by atoms with Crippen molar-refractivity contribution in [3.05, 3.63) is 114 Å². The van der Waals surface area contributed by atoms with E-state index in [1.165, 1.54) is 0 Å². The minimum absolute atomic E-state index is 0.0413. The molecule has 0 aliphatic rings. The van der Waals surface area contributed by atoms with Gasteiger partial charge in [0.15, 0.2) is 9.84 Å². The monoisotopic (exact) mass is 360 g/mol. The second-order valence-corrected chi connectivity index (χ2v) is 7.90. The molecule has 0 aliphatic heterocycles. The highest BCUT2D eigenvalue weighted by Gasteiger charge is 2.12. The molecule has 130 valence electrons. The summed E-state index contributed by atoms with van der Waals surface area (Å²) in [7, 11) is -3.36. The minimum atomic E-state index is -3.36. The Morgan fingerprint density at radius 2 is 1.27 bits per heavy atom. The number of hydrogen-bond acceptors (Lipinski definition) is 2. The van der Waals surface area contributed by atoms with Crippen molar-refractivity contribution in [2.24, 2.45) is 0 Å². The van der Waals surface area contributed by atoms with E-state index in [0.29, 0.717) is 4.90 Å². The van der Waals surface area contributed by atoms with Crippen LogP contribution in [0.5, 0.6) is 0 Å². The third-order valence-electron chi connectivity index (χ3n) is 3.99. The lowest BCUT2D eigenvalue weighted by Gasteiger charge is -2.05. The Morgan fingerprint density at radius 1 is 0.731 bits per heavy atom. The van der Waals surface area contributed by atoms with Crippen LogP contribution in [0.25, 0.3) is 11.6 Å². The molecule has 26 heavy (non-hydrogen) atoms. The molecule has 0 unspecified atom stereocenters. The molecule has 0 saturated carbocycles. The smallest absolute Gasteiger partial charge is 0.181 e. The summed E-state index contributed by atoms with van der Waals surface area (Å²) in [6, 6.07) is 28.3. The van der Waals surface area contributed by atoms with E-state index in [4.69, 9.17) is 0 Å². The quantitative estimate of drug-likeness (QED) is 0.562. The number of allylic oxidation sites excluding steroid dienone is 2. The van der Waals surface area contributed by atoms with Crippen LogP contribution in [0.1, 0.15) is 11.1 Å². The van der Waals surface area contributed by atoms with Gasteiger partial charge in [-0.25, -0.2) is 8.42 Å². The first kappa shape index (κ1) is 17.9. The predicted molar refractivity (Wildman–Crippen MR) is 108 cm³/mol. The molecule has 0 amide bonds. The number of rotatable bonds is 6. The topological polar surface area (TPSA) is 34.1 Å². The van der Waals surface area contributed by atoms with Gasteiger partial charge in [0.2, 0.25) is 0 Å². The lowest BCUT2D eigenvalue weighted by atomic mass is 10.0. The first-order valence-electron chi connectivity index (χ1n) is 8.42. The van der Waals surface area contributed by atoms with Gasteiger partial charge in [0.25, 0.3) is 0 Å². The zero-order valence-electron chi connectivity index (χ0n) is 14.3. The number of benzene rings is 3. The van der Waals surface area contributed by atoms with E-state index in [2.05, 4.69) is 0 Å². The molecule has 3 heteroatoms. The zero-order valence-corrected chi connectivity index (χ0v) is 15.1. The van der Waals surface area contributed by atoms with Crippen molar-refractivity contribution in [1.29, 1.82) is 0 Å². The molecule has 0 aromatic heterocycles. The lowest BCUT2D eigenvalue weighted by Crippen LogP contribution is -2.04. The highest BCUT2D eigenvalue weighted by atomic mass is 32.2. The molecule has 0 saturated heterocycles. The highest BCUT2D eigenvalue weighted by Crippen LogP contribution is 2.19. The van der Waals surface area contributed by atoms with Crippen LogP contribution in [0.15, 0.2) is 108 Å². The summed E-state index contributed by atoms with van der Waals surface area (Å²) in [6.07, 6.45) is 5.73. The fraction of sp³-hybridized carbons (Fsp3) is 0.0435. The zero-order chi connectivity index (χ0) is 18.2. The maximum atomic E-state index is 12.6. The van der Waals surface area contributed by atoms with E-state index in [0.717, 1.165) is 16.7 Å². The first-order chi connectivity index (χ1) is 12.6. The van der Waals surface area contributed by atoms with Crippen LogP contribution in [0.2, 0.25) is 0 Å². The Hall–Kier alpha value is -2.91. The normalized spacial score (nSPS) is 12.4. The van der Waals surface area contributed by atoms with Crippen molar-refractivity contribution in [1.82, 2.24) is 0 Å². The molecule has 0 aliphatic carbocycles. The summed E-state index contributed by atoms with van der Waals surface area (Å²) in [6.45, 7) is 0. The van der Waals surface area contributed by atoms with Crippen LogP contribution in [0, 0.1) is 0 Å². The van der Waals surface area contributed by atoms with Gasteiger partial charge in [0.05, 0.1) is 10.6 Å². The fourth-order valence-electron chi connectivity index (χ4n) is 2.59. The summed E-state index contributed by atoms with van der Waals surface area (Å²) in [5.74, 6) is -0.0413. The highest BCUT2D eigenvalue weighted by molar-refractivity contribution is 7.91. The third-order valence-corrected chi connectivity index (χ3v) is 5.58. The molecule has 3 aromatic rings. The second-order valence-electron chi connectivity index (χ2n) is 5.86. The van der Waals surface area contributed by atoms with Crippen LogP contribution in [0.4, 0.5) is 0 Å². The average molecular weight is 360 g/mol. The first-order valence-corrected chi connectivity index (χ1v) is 10.1. The van der Waals surface area contributed by atoms with Gasteiger partial charge in [-0.2, -0.15) is 0 Å². The van der Waals surface area contributed by atoms with Crippen molar-refractivity contribution in [3.8, 4) is 0 Å². The van der Waals surface area contributed by atoms with Crippen molar-refractivity contribution < 1.29 is 8.42 Å². The minimum Gasteiger partial charge on any atom is -0.223 e. The van der Waals surface area contributed by atoms with Crippen molar-refractivity contribution in [2.75, 3.05) is 5.75 Å². The van der Waals surface area contributed by atoms with E-state index < -0.39 is 9.84 Å². The molecule has 3 aromatic carbocycles. The van der Waals surface area contributed by atoms with Crippen LogP contribution in [-0.2, 0) is 9.84 Å². The van der Waals surface area contributed by atoms with Crippen molar-refractivity contribution >= 4 is 21.5 Å². The van der Waals surface area contributed by atoms with Gasteiger partial charge in [-0.3, -0.25) is 0 Å². The molecule has 2 nitrogen and oxygen atoms in total. The second kappa shape index (κ2) is 8.45. The molecule has 3 rings (SSSR count). The van der Waals surface area contributed by atoms with Crippen LogP contribution in [0.3, 0.4) is 0 Å². The van der Waals surface area contributed by atoms with E-state index in [1.54, 1.807) is 30.3 Å². The van der Waals surface area contributed by atoms with E-state index in [-0.39, 0.29) is 5.75 Å².